The van der Waals surface area contributed by atoms with Crippen LogP contribution in [0.15, 0.2) is 23.3 Å². The lowest BCUT2D eigenvalue weighted by Crippen LogP contribution is -2.42. The van der Waals surface area contributed by atoms with Crippen molar-refractivity contribution in [3.63, 3.8) is 0 Å². The van der Waals surface area contributed by atoms with Crippen molar-refractivity contribution in [1.82, 2.24) is 0 Å². The first-order valence-electron chi connectivity index (χ1n) is 4.80. The Balaban J connectivity index is 3.39. The third-order valence-electron chi connectivity index (χ3n) is 2.58. The van der Waals surface area contributed by atoms with E-state index in [1.54, 1.807) is 0 Å². The molecule has 9 nitrogen and oxygen atoms in total. The molecule has 9 heteroatoms. The number of methoxy groups -OCH3 is 3. The summed E-state index contributed by atoms with van der Waals surface area (Å²) in [5, 5.41) is 21.9. The smallest absolute Gasteiger partial charge is 0.355 e. The average molecular weight is 260 g/mol. The molecule has 0 aromatic heterocycles. The van der Waals surface area contributed by atoms with E-state index >= 15 is 0 Å². The van der Waals surface area contributed by atoms with E-state index in [-0.39, 0.29) is 17.9 Å². The highest BCUT2D eigenvalue weighted by molar-refractivity contribution is 5.30. The Morgan fingerprint density at radius 1 is 1.22 bits per heavy atom. The molecule has 1 aliphatic rings. The highest BCUT2D eigenvalue weighted by atomic mass is 16.7. The Kier molecular flexibility index (Phi) is 3.86. The van der Waals surface area contributed by atoms with E-state index in [1.807, 2.05) is 0 Å². The number of hydrogen-bond donors (Lipinski definition) is 0. The standard InChI is InChI=1S/C9H12N2O7/c1-16-6-4-9(18-3,11(14)15)5-7(17-2)8(6)10(12)13/h4H,5H2,1-3H3. The Labute approximate surface area is 102 Å². The number of ether oxygens (including phenoxy) is 3. The van der Waals surface area contributed by atoms with Gasteiger partial charge in [-0.25, -0.2) is 0 Å². The SMILES string of the molecule is COC1=CC(OC)([N+](=O)[O-])CC(OC)=C1[N+](=O)[O-]. The van der Waals surface area contributed by atoms with Crippen LogP contribution in [-0.2, 0) is 14.2 Å². The summed E-state index contributed by atoms with van der Waals surface area (Å²) < 4.78 is 14.5. The zero-order valence-electron chi connectivity index (χ0n) is 10.0. The monoisotopic (exact) mass is 260 g/mol. The molecule has 1 unspecified atom stereocenters. The van der Waals surface area contributed by atoms with E-state index in [4.69, 9.17) is 14.2 Å². The van der Waals surface area contributed by atoms with Gasteiger partial charge in [0.25, 0.3) is 0 Å². The molecule has 0 aromatic rings. The molecule has 0 spiro atoms. The second kappa shape index (κ2) is 5.00. The summed E-state index contributed by atoms with van der Waals surface area (Å²) in [4.78, 5) is 20.5. The van der Waals surface area contributed by atoms with Crippen molar-refractivity contribution < 1.29 is 24.1 Å². The van der Waals surface area contributed by atoms with Crippen LogP contribution >= 0.6 is 0 Å². The highest BCUT2D eigenvalue weighted by Gasteiger charge is 2.50. The molecule has 0 bridgehead atoms. The number of rotatable bonds is 5. The van der Waals surface area contributed by atoms with Gasteiger partial charge in [-0.15, -0.1) is 0 Å². The Morgan fingerprint density at radius 2 is 1.83 bits per heavy atom. The molecule has 1 aliphatic carbocycles. The van der Waals surface area contributed by atoms with Crippen LogP contribution in [0.3, 0.4) is 0 Å². The fraction of sp³-hybridized carbons (Fsp3) is 0.556. The third-order valence-corrected chi connectivity index (χ3v) is 2.58. The average Bonchev–Trinajstić information content (AvgIpc) is 2.36. The van der Waals surface area contributed by atoms with Crippen LogP contribution in [0.1, 0.15) is 6.42 Å². The van der Waals surface area contributed by atoms with Gasteiger partial charge in [-0.3, -0.25) is 20.2 Å². The fourth-order valence-electron chi connectivity index (χ4n) is 1.61. The molecule has 0 amide bonds. The molecule has 0 radical (unpaired) electrons. The van der Waals surface area contributed by atoms with Crippen LogP contribution in [0.4, 0.5) is 0 Å². The first-order valence-corrected chi connectivity index (χ1v) is 4.80. The maximum atomic E-state index is 11.0. The van der Waals surface area contributed by atoms with Crippen LogP contribution in [0.2, 0.25) is 0 Å². The van der Waals surface area contributed by atoms with Crippen LogP contribution < -0.4 is 0 Å². The van der Waals surface area contributed by atoms with Crippen LogP contribution in [0.25, 0.3) is 0 Å². The molecule has 0 fully saturated rings. The minimum absolute atomic E-state index is 0.169. The van der Waals surface area contributed by atoms with Gasteiger partial charge in [-0.1, -0.05) is 0 Å². The molecule has 18 heavy (non-hydrogen) atoms. The Morgan fingerprint density at radius 3 is 2.17 bits per heavy atom. The lowest BCUT2D eigenvalue weighted by Gasteiger charge is -2.24. The lowest BCUT2D eigenvalue weighted by molar-refractivity contribution is -0.612. The van der Waals surface area contributed by atoms with Crippen molar-refractivity contribution >= 4 is 0 Å². The van der Waals surface area contributed by atoms with Gasteiger partial charge in [0.2, 0.25) is 5.76 Å². The molecule has 0 saturated carbocycles. The number of nitro groups is 2. The molecule has 100 valence electrons. The van der Waals surface area contributed by atoms with E-state index < -0.39 is 21.3 Å². The molecule has 1 atom stereocenters. The third kappa shape index (κ3) is 2.12. The maximum absolute atomic E-state index is 11.0. The van der Waals surface area contributed by atoms with Gasteiger partial charge < -0.3 is 14.2 Å². The second-order valence-electron chi connectivity index (χ2n) is 3.43. The van der Waals surface area contributed by atoms with Gasteiger partial charge in [0.15, 0.2) is 5.76 Å². The number of nitrogens with zero attached hydrogens (tertiary/aromatic N) is 2. The van der Waals surface area contributed by atoms with E-state index in [0.29, 0.717) is 0 Å². The summed E-state index contributed by atoms with van der Waals surface area (Å²) in [6.45, 7) is 0. The van der Waals surface area contributed by atoms with Crippen LogP contribution in [0.5, 0.6) is 0 Å². The van der Waals surface area contributed by atoms with E-state index in [2.05, 4.69) is 0 Å². The molecule has 0 saturated heterocycles. The van der Waals surface area contributed by atoms with E-state index in [0.717, 1.165) is 13.2 Å². The summed E-state index contributed by atoms with van der Waals surface area (Å²) in [7, 11) is 3.50. The van der Waals surface area contributed by atoms with E-state index in [1.165, 1.54) is 14.2 Å². The Bertz CT molecular complexity index is 442. The normalized spacial score (nSPS) is 23.4. The molecule has 0 heterocycles. The van der Waals surface area contributed by atoms with Gasteiger partial charge in [-0.05, 0) is 0 Å². The summed E-state index contributed by atoms with van der Waals surface area (Å²) in [6, 6.07) is 0. The summed E-state index contributed by atoms with van der Waals surface area (Å²) in [5.74, 6) is -0.431. The molecule has 1 rings (SSSR count). The van der Waals surface area contributed by atoms with Crippen molar-refractivity contribution in [2.75, 3.05) is 21.3 Å². The van der Waals surface area contributed by atoms with Crippen molar-refractivity contribution in [1.29, 1.82) is 0 Å². The van der Waals surface area contributed by atoms with Gasteiger partial charge in [0, 0.05) is 7.11 Å². The molecular weight excluding hydrogens is 248 g/mol. The second-order valence-corrected chi connectivity index (χ2v) is 3.43. The molecule has 0 aliphatic heterocycles. The van der Waals surface area contributed by atoms with Gasteiger partial charge in [0.1, 0.15) is 6.42 Å². The quantitative estimate of drug-likeness (QED) is 0.405. The largest absolute Gasteiger partial charge is 0.494 e. The van der Waals surface area contributed by atoms with Crippen molar-refractivity contribution in [3.05, 3.63) is 43.5 Å². The molecule has 0 N–H and O–H groups in total. The highest BCUT2D eigenvalue weighted by Crippen LogP contribution is 2.35. The van der Waals surface area contributed by atoms with Gasteiger partial charge in [-0.2, -0.15) is 0 Å². The molecule has 0 aromatic carbocycles. The number of hydrogen-bond acceptors (Lipinski definition) is 7. The zero-order valence-corrected chi connectivity index (χ0v) is 10.0. The lowest BCUT2D eigenvalue weighted by atomic mass is 10.00. The summed E-state index contributed by atoms with van der Waals surface area (Å²) >= 11 is 0. The minimum atomic E-state index is -1.92. The summed E-state index contributed by atoms with van der Waals surface area (Å²) in [5.41, 5.74) is -2.36. The van der Waals surface area contributed by atoms with Crippen molar-refractivity contribution in [3.8, 4) is 0 Å². The van der Waals surface area contributed by atoms with Crippen molar-refractivity contribution in [2.24, 2.45) is 0 Å². The van der Waals surface area contributed by atoms with Crippen LogP contribution in [-0.4, -0.2) is 36.9 Å². The fourth-order valence-corrected chi connectivity index (χ4v) is 1.61. The summed E-state index contributed by atoms with van der Waals surface area (Å²) in [6.07, 6.45) is 0.587. The van der Waals surface area contributed by atoms with Gasteiger partial charge >= 0.3 is 11.4 Å². The first-order chi connectivity index (χ1) is 8.41. The predicted molar refractivity (Wildman–Crippen MR) is 57.5 cm³/mol. The maximum Gasteiger partial charge on any atom is 0.355 e. The minimum Gasteiger partial charge on any atom is -0.494 e. The van der Waals surface area contributed by atoms with Gasteiger partial charge in [0.05, 0.1) is 30.1 Å². The first kappa shape index (κ1) is 13.9. The topological polar surface area (TPSA) is 114 Å². The Hall–Kier alpha value is -2.16. The van der Waals surface area contributed by atoms with E-state index in [9.17, 15) is 20.2 Å². The zero-order chi connectivity index (χ0) is 13.9. The van der Waals surface area contributed by atoms with Crippen molar-refractivity contribution in [2.45, 2.75) is 12.1 Å². The predicted octanol–water partition coefficient (Wildman–Crippen LogP) is 0.674. The molecular formula is C9H12N2O7. The van der Waals surface area contributed by atoms with Crippen LogP contribution in [0, 0.1) is 20.2 Å².